The van der Waals surface area contributed by atoms with Crippen molar-refractivity contribution in [2.24, 2.45) is 0 Å². The molecule has 1 rings (SSSR count). The maximum atomic E-state index is 11.5. The number of hydrogen-bond donors (Lipinski definition) is 1. The van der Waals surface area contributed by atoms with Gasteiger partial charge in [0.05, 0.1) is 7.11 Å². The molecule has 0 spiro atoms. The number of nitrogens with zero attached hydrogens (tertiary/aromatic N) is 1. The first-order valence-electron chi connectivity index (χ1n) is 6.03. The molecule has 100 valence electrons. The molecule has 0 aromatic heterocycles. The molecular formula is C14H22N2O2. The van der Waals surface area contributed by atoms with Crippen LogP contribution in [0.1, 0.15) is 11.1 Å². The number of ether oxygens (including phenoxy) is 1. The summed E-state index contributed by atoms with van der Waals surface area (Å²) in [5.41, 5.74) is 3.57. The van der Waals surface area contributed by atoms with Crippen molar-refractivity contribution in [1.82, 2.24) is 5.32 Å². The van der Waals surface area contributed by atoms with Gasteiger partial charge in [-0.25, -0.2) is 0 Å². The van der Waals surface area contributed by atoms with Crippen LogP contribution in [-0.2, 0) is 9.53 Å². The van der Waals surface area contributed by atoms with E-state index in [-0.39, 0.29) is 12.0 Å². The molecule has 0 radical (unpaired) electrons. The van der Waals surface area contributed by atoms with Crippen molar-refractivity contribution in [2.45, 2.75) is 19.9 Å². The smallest absolute Gasteiger partial charge is 0.324 e. The molecule has 0 fully saturated rings. The molecule has 1 atom stereocenters. The molecule has 0 aliphatic rings. The molecule has 1 N–H and O–H groups in total. The highest BCUT2D eigenvalue weighted by Crippen LogP contribution is 2.20. The molecule has 0 saturated carbocycles. The van der Waals surface area contributed by atoms with Gasteiger partial charge in [-0.05, 0) is 32.5 Å². The molecule has 1 aromatic carbocycles. The van der Waals surface area contributed by atoms with Crippen LogP contribution in [0.5, 0.6) is 0 Å². The number of nitrogens with one attached hydrogen (secondary N) is 1. The van der Waals surface area contributed by atoms with Gasteiger partial charge in [0.25, 0.3) is 0 Å². The van der Waals surface area contributed by atoms with Crippen LogP contribution in [0, 0.1) is 13.8 Å². The normalized spacial score (nSPS) is 12.1. The van der Waals surface area contributed by atoms with Crippen molar-refractivity contribution in [3.63, 3.8) is 0 Å². The van der Waals surface area contributed by atoms with Crippen LogP contribution in [0.4, 0.5) is 5.69 Å². The second kappa shape index (κ2) is 6.40. The van der Waals surface area contributed by atoms with Crippen molar-refractivity contribution in [3.8, 4) is 0 Å². The average Bonchev–Trinajstić information content (AvgIpc) is 2.34. The molecule has 0 aliphatic heterocycles. The van der Waals surface area contributed by atoms with Gasteiger partial charge in [0.1, 0.15) is 6.04 Å². The molecule has 1 aromatic rings. The minimum atomic E-state index is -0.319. The summed E-state index contributed by atoms with van der Waals surface area (Å²) in [4.78, 5) is 13.6. The Morgan fingerprint density at radius 1 is 1.44 bits per heavy atom. The number of likely N-dealkylation sites (N-methyl/N-ethyl adjacent to an activating group) is 2. The second-order valence-electron chi connectivity index (χ2n) is 4.53. The number of benzene rings is 1. The summed E-state index contributed by atoms with van der Waals surface area (Å²) in [6.45, 7) is 4.72. The zero-order valence-corrected chi connectivity index (χ0v) is 11.8. The van der Waals surface area contributed by atoms with E-state index in [1.54, 1.807) is 7.05 Å². The van der Waals surface area contributed by atoms with Crippen LogP contribution in [0.3, 0.4) is 0 Å². The molecule has 0 saturated heterocycles. The van der Waals surface area contributed by atoms with E-state index in [0.29, 0.717) is 6.54 Å². The lowest BCUT2D eigenvalue weighted by Gasteiger charge is -2.25. The number of aryl methyl sites for hydroxylation is 2. The van der Waals surface area contributed by atoms with Gasteiger partial charge in [-0.15, -0.1) is 0 Å². The second-order valence-corrected chi connectivity index (χ2v) is 4.53. The highest BCUT2D eigenvalue weighted by atomic mass is 16.5. The van der Waals surface area contributed by atoms with Crippen LogP contribution in [-0.4, -0.2) is 39.8 Å². The van der Waals surface area contributed by atoms with E-state index in [9.17, 15) is 4.79 Å². The number of anilines is 1. The van der Waals surface area contributed by atoms with Gasteiger partial charge in [0.2, 0.25) is 0 Å². The fourth-order valence-electron chi connectivity index (χ4n) is 2.03. The number of rotatable bonds is 5. The molecule has 0 bridgehead atoms. The topological polar surface area (TPSA) is 41.6 Å². The summed E-state index contributed by atoms with van der Waals surface area (Å²) < 4.78 is 4.76. The third kappa shape index (κ3) is 3.47. The molecule has 0 aliphatic carbocycles. The molecule has 4 heteroatoms. The zero-order valence-electron chi connectivity index (χ0n) is 11.8. The standard InChI is InChI=1S/C14H22N2O2/c1-10-6-7-13(11(2)8-10)16(4)9-12(15-3)14(17)18-5/h6-8,12,15H,9H2,1-5H3. The van der Waals surface area contributed by atoms with Crippen molar-refractivity contribution in [2.75, 3.05) is 32.6 Å². The molecule has 18 heavy (non-hydrogen) atoms. The van der Waals surface area contributed by atoms with E-state index in [1.807, 2.05) is 7.05 Å². The van der Waals surface area contributed by atoms with E-state index < -0.39 is 0 Å². The Labute approximate surface area is 109 Å². The van der Waals surface area contributed by atoms with Gasteiger partial charge in [0.15, 0.2) is 0 Å². The fraction of sp³-hybridized carbons (Fsp3) is 0.500. The molecular weight excluding hydrogens is 228 g/mol. The van der Waals surface area contributed by atoms with E-state index in [0.717, 1.165) is 5.69 Å². The van der Waals surface area contributed by atoms with Gasteiger partial charge >= 0.3 is 5.97 Å². The van der Waals surface area contributed by atoms with Crippen LogP contribution in [0.15, 0.2) is 18.2 Å². The minimum absolute atomic E-state index is 0.242. The fourth-order valence-corrected chi connectivity index (χ4v) is 2.03. The first-order valence-corrected chi connectivity index (χ1v) is 6.03. The van der Waals surface area contributed by atoms with Gasteiger partial charge in [-0.2, -0.15) is 0 Å². The van der Waals surface area contributed by atoms with Gasteiger partial charge in [-0.3, -0.25) is 4.79 Å². The summed E-state index contributed by atoms with van der Waals surface area (Å²) in [5, 5.41) is 2.97. The first-order chi connectivity index (χ1) is 8.49. The third-order valence-corrected chi connectivity index (χ3v) is 3.05. The maximum Gasteiger partial charge on any atom is 0.324 e. The highest BCUT2D eigenvalue weighted by molar-refractivity contribution is 5.76. The van der Waals surface area contributed by atoms with Gasteiger partial charge in [-0.1, -0.05) is 17.7 Å². The summed E-state index contributed by atoms with van der Waals surface area (Å²) in [6.07, 6.45) is 0. The van der Waals surface area contributed by atoms with Gasteiger partial charge in [0, 0.05) is 19.3 Å². The predicted molar refractivity (Wildman–Crippen MR) is 74.0 cm³/mol. The lowest BCUT2D eigenvalue weighted by molar-refractivity contribution is -0.142. The highest BCUT2D eigenvalue weighted by Gasteiger charge is 2.19. The van der Waals surface area contributed by atoms with Crippen molar-refractivity contribution in [1.29, 1.82) is 0 Å². The predicted octanol–water partition coefficient (Wildman–Crippen LogP) is 1.50. The van der Waals surface area contributed by atoms with Crippen molar-refractivity contribution >= 4 is 11.7 Å². The Kier molecular flexibility index (Phi) is 5.16. The van der Waals surface area contributed by atoms with Crippen LogP contribution in [0.2, 0.25) is 0 Å². The van der Waals surface area contributed by atoms with E-state index in [2.05, 4.69) is 42.3 Å². The molecule has 1 unspecified atom stereocenters. The molecule has 0 amide bonds. The maximum absolute atomic E-state index is 11.5. The monoisotopic (exact) mass is 250 g/mol. The summed E-state index contributed by atoms with van der Waals surface area (Å²) >= 11 is 0. The Hall–Kier alpha value is -1.55. The van der Waals surface area contributed by atoms with Crippen LogP contribution < -0.4 is 10.2 Å². The third-order valence-electron chi connectivity index (χ3n) is 3.05. The summed E-state index contributed by atoms with van der Waals surface area (Å²) in [5.74, 6) is -0.242. The quantitative estimate of drug-likeness (QED) is 0.804. The Morgan fingerprint density at radius 2 is 2.11 bits per heavy atom. The van der Waals surface area contributed by atoms with Crippen LogP contribution in [0.25, 0.3) is 0 Å². The van der Waals surface area contributed by atoms with E-state index in [4.69, 9.17) is 4.74 Å². The molecule has 4 nitrogen and oxygen atoms in total. The van der Waals surface area contributed by atoms with E-state index >= 15 is 0 Å². The number of methoxy groups -OCH3 is 1. The lowest BCUT2D eigenvalue weighted by atomic mass is 10.1. The SMILES string of the molecule is CNC(CN(C)c1ccc(C)cc1C)C(=O)OC. The van der Waals surface area contributed by atoms with Crippen molar-refractivity contribution < 1.29 is 9.53 Å². The minimum Gasteiger partial charge on any atom is -0.468 e. The first kappa shape index (κ1) is 14.5. The molecule has 0 heterocycles. The Bertz CT molecular complexity index is 418. The largest absolute Gasteiger partial charge is 0.468 e. The number of esters is 1. The van der Waals surface area contributed by atoms with Crippen LogP contribution >= 0.6 is 0 Å². The summed E-state index contributed by atoms with van der Waals surface area (Å²) in [6, 6.07) is 5.97. The number of hydrogen-bond acceptors (Lipinski definition) is 4. The Balaban J connectivity index is 2.80. The Morgan fingerprint density at radius 3 is 2.61 bits per heavy atom. The zero-order chi connectivity index (χ0) is 13.7. The average molecular weight is 250 g/mol. The number of carbonyl (C=O) groups is 1. The van der Waals surface area contributed by atoms with Gasteiger partial charge < -0.3 is 15.0 Å². The van der Waals surface area contributed by atoms with Crippen molar-refractivity contribution in [3.05, 3.63) is 29.3 Å². The van der Waals surface area contributed by atoms with E-state index in [1.165, 1.54) is 18.2 Å². The summed E-state index contributed by atoms with van der Waals surface area (Å²) in [7, 11) is 5.15. The lowest BCUT2D eigenvalue weighted by Crippen LogP contribution is -2.44. The number of carbonyl (C=O) groups excluding carboxylic acids is 1.